The van der Waals surface area contributed by atoms with Crippen molar-refractivity contribution in [3.63, 3.8) is 0 Å². The van der Waals surface area contributed by atoms with E-state index in [2.05, 4.69) is 11.3 Å². The predicted octanol–water partition coefficient (Wildman–Crippen LogP) is 4.78. The molecule has 2 aromatic carbocycles. The molecule has 0 aliphatic heterocycles. The molecule has 5 nitrogen and oxygen atoms in total. The van der Waals surface area contributed by atoms with Crippen molar-refractivity contribution in [2.45, 2.75) is 18.3 Å². The van der Waals surface area contributed by atoms with Crippen molar-refractivity contribution in [3.8, 4) is 11.5 Å². The van der Waals surface area contributed by atoms with Gasteiger partial charge in [-0.05, 0) is 6.42 Å². The molecule has 0 fully saturated rings. The Kier molecular flexibility index (Phi) is 3.96. The average Bonchev–Trinajstić information content (AvgIpc) is 3.21. The van der Waals surface area contributed by atoms with Gasteiger partial charge in [-0.3, -0.25) is 0 Å². The highest BCUT2D eigenvalue weighted by molar-refractivity contribution is 6.31. The number of ether oxygens (including phenoxy) is 3. The van der Waals surface area contributed by atoms with Crippen LogP contribution >= 0.6 is 11.6 Å². The molecule has 6 heteroatoms. The largest absolute Gasteiger partial charge is 0.513 e. The summed E-state index contributed by atoms with van der Waals surface area (Å²) in [6.45, 7) is 3.46. The second kappa shape index (κ2) is 6.18. The second-order valence-electron chi connectivity index (χ2n) is 6.16. The standard InChI is InChI=1S/C20H15ClO5/c1-3-15(22)25-19-12-7-5-4-6-11(12)18(26-20(23)24-2)16-10-8-13(17(16)19)14(21)9-10/h3-7,9-10,13H,1,8H2,2H3. The van der Waals surface area contributed by atoms with Gasteiger partial charge in [-0.25, -0.2) is 9.59 Å². The number of hydrogen-bond acceptors (Lipinski definition) is 5. The summed E-state index contributed by atoms with van der Waals surface area (Å²) >= 11 is 6.38. The molecule has 2 aliphatic rings. The fraction of sp³-hybridized carbons (Fsp3) is 0.200. The summed E-state index contributed by atoms with van der Waals surface area (Å²) in [5, 5.41) is 2.04. The van der Waals surface area contributed by atoms with Crippen LogP contribution in [0.25, 0.3) is 10.8 Å². The number of allylic oxidation sites excluding steroid dienone is 2. The summed E-state index contributed by atoms with van der Waals surface area (Å²) in [6.07, 6.45) is 3.02. The van der Waals surface area contributed by atoms with Crippen molar-refractivity contribution in [2.24, 2.45) is 0 Å². The molecule has 2 aromatic rings. The molecule has 2 bridgehead atoms. The molecule has 0 aromatic heterocycles. The number of carbonyl (C=O) groups excluding carboxylic acids is 2. The quantitative estimate of drug-likeness (QED) is 0.336. The van der Waals surface area contributed by atoms with Gasteiger partial charge in [0.2, 0.25) is 0 Å². The van der Waals surface area contributed by atoms with E-state index in [-0.39, 0.29) is 11.8 Å². The van der Waals surface area contributed by atoms with Crippen molar-refractivity contribution in [1.82, 2.24) is 0 Å². The number of hydrogen-bond donors (Lipinski definition) is 0. The van der Waals surface area contributed by atoms with E-state index in [1.807, 2.05) is 30.3 Å². The molecule has 0 saturated carbocycles. The van der Waals surface area contributed by atoms with Crippen molar-refractivity contribution in [1.29, 1.82) is 0 Å². The molecule has 4 rings (SSSR count). The predicted molar refractivity (Wildman–Crippen MR) is 96.8 cm³/mol. The number of fused-ring (bicyclic) bond motifs is 6. The molecule has 0 heterocycles. The van der Waals surface area contributed by atoms with E-state index in [0.717, 1.165) is 23.6 Å². The molecular formula is C20H15ClO5. The van der Waals surface area contributed by atoms with Crippen LogP contribution in [0, 0.1) is 0 Å². The Hall–Kier alpha value is -2.79. The lowest BCUT2D eigenvalue weighted by Gasteiger charge is -2.22. The third-order valence-electron chi connectivity index (χ3n) is 4.82. The minimum Gasteiger partial charge on any atom is -0.437 e. The van der Waals surface area contributed by atoms with Crippen LogP contribution in [0.5, 0.6) is 11.5 Å². The molecule has 0 radical (unpaired) electrons. The van der Waals surface area contributed by atoms with Crippen LogP contribution in [0.4, 0.5) is 4.79 Å². The van der Waals surface area contributed by atoms with Crippen molar-refractivity contribution >= 4 is 34.5 Å². The molecular weight excluding hydrogens is 356 g/mol. The van der Waals surface area contributed by atoms with E-state index in [1.54, 1.807) is 0 Å². The Morgan fingerprint density at radius 1 is 1.15 bits per heavy atom. The molecule has 2 atom stereocenters. The third-order valence-corrected chi connectivity index (χ3v) is 5.21. The second-order valence-corrected chi connectivity index (χ2v) is 6.60. The average molecular weight is 371 g/mol. The van der Waals surface area contributed by atoms with Crippen LogP contribution in [0.2, 0.25) is 0 Å². The molecule has 0 spiro atoms. The Bertz CT molecular complexity index is 991. The SMILES string of the molecule is C=CC(=O)Oc1c2c(c(OC(=O)OC)c3ccccc13)C1C=C(Cl)C2C1. The van der Waals surface area contributed by atoms with Crippen LogP contribution in [0.3, 0.4) is 0 Å². The van der Waals surface area contributed by atoms with E-state index in [0.29, 0.717) is 27.3 Å². The Morgan fingerprint density at radius 3 is 2.42 bits per heavy atom. The summed E-state index contributed by atoms with van der Waals surface area (Å²) in [4.78, 5) is 23.7. The number of benzene rings is 2. The topological polar surface area (TPSA) is 61.8 Å². The van der Waals surface area contributed by atoms with Gasteiger partial charge in [-0.15, -0.1) is 0 Å². The number of carbonyl (C=O) groups is 2. The first-order valence-corrected chi connectivity index (χ1v) is 8.48. The van der Waals surface area contributed by atoms with Crippen molar-refractivity contribution < 1.29 is 23.8 Å². The lowest BCUT2D eigenvalue weighted by molar-refractivity contribution is -0.128. The van der Waals surface area contributed by atoms with Crippen LogP contribution in [0.1, 0.15) is 29.4 Å². The molecule has 0 N–H and O–H groups in total. The molecule has 26 heavy (non-hydrogen) atoms. The van der Waals surface area contributed by atoms with Gasteiger partial charge >= 0.3 is 12.1 Å². The Balaban J connectivity index is 2.04. The zero-order chi connectivity index (χ0) is 18.4. The lowest BCUT2D eigenvalue weighted by atomic mass is 9.90. The van der Waals surface area contributed by atoms with E-state index < -0.39 is 12.1 Å². The number of esters is 1. The smallest absolute Gasteiger partial charge is 0.437 e. The summed E-state index contributed by atoms with van der Waals surface area (Å²) in [6, 6.07) is 7.28. The van der Waals surface area contributed by atoms with E-state index in [9.17, 15) is 9.59 Å². The fourth-order valence-electron chi connectivity index (χ4n) is 3.81. The maximum Gasteiger partial charge on any atom is 0.513 e. The monoisotopic (exact) mass is 370 g/mol. The Morgan fingerprint density at radius 2 is 1.81 bits per heavy atom. The Labute approximate surface area is 154 Å². The van der Waals surface area contributed by atoms with Gasteiger partial charge in [0.1, 0.15) is 11.5 Å². The van der Waals surface area contributed by atoms with Crippen LogP contribution < -0.4 is 9.47 Å². The van der Waals surface area contributed by atoms with E-state index in [1.165, 1.54) is 7.11 Å². The fourth-order valence-corrected chi connectivity index (χ4v) is 4.17. The van der Waals surface area contributed by atoms with Gasteiger partial charge in [0.15, 0.2) is 0 Å². The number of methoxy groups -OCH3 is 1. The maximum atomic E-state index is 11.9. The normalized spacial score (nSPS) is 19.7. The zero-order valence-electron chi connectivity index (χ0n) is 14.0. The lowest BCUT2D eigenvalue weighted by Crippen LogP contribution is -2.13. The van der Waals surface area contributed by atoms with Gasteiger partial charge in [0, 0.05) is 44.8 Å². The van der Waals surface area contributed by atoms with Gasteiger partial charge in [0.25, 0.3) is 0 Å². The molecule has 2 aliphatic carbocycles. The molecule has 0 saturated heterocycles. The minimum atomic E-state index is -0.800. The minimum absolute atomic E-state index is 0.00653. The number of halogens is 1. The van der Waals surface area contributed by atoms with Gasteiger partial charge in [-0.1, -0.05) is 48.5 Å². The summed E-state index contributed by atoms with van der Waals surface area (Å²) in [5.41, 5.74) is 1.60. The third kappa shape index (κ3) is 2.39. The first-order chi connectivity index (χ1) is 12.5. The summed E-state index contributed by atoms with van der Waals surface area (Å²) in [7, 11) is 1.26. The van der Waals surface area contributed by atoms with Crippen LogP contribution in [-0.2, 0) is 9.53 Å². The molecule has 2 unspecified atom stereocenters. The zero-order valence-corrected chi connectivity index (χ0v) is 14.7. The van der Waals surface area contributed by atoms with Crippen molar-refractivity contribution in [3.05, 3.63) is 59.2 Å². The van der Waals surface area contributed by atoms with Gasteiger partial charge in [-0.2, -0.15) is 0 Å². The maximum absolute atomic E-state index is 11.9. The highest BCUT2D eigenvalue weighted by Crippen LogP contribution is 2.61. The molecule has 0 amide bonds. The molecule has 132 valence electrons. The van der Waals surface area contributed by atoms with Gasteiger partial charge in [0.05, 0.1) is 7.11 Å². The first kappa shape index (κ1) is 16.7. The van der Waals surface area contributed by atoms with Gasteiger partial charge < -0.3 is 14.2 Å². The highest BCUT2D eigenvalue weighted by atomic mass is 35.5. The van der Waals surface area contributed by atoms with Crippen LogP contribution in [-0.4, -0.2) is 19.2 Å². The summed E-state index contributed by atoms with van der Waals surface area (Å²) < 4.78 is 15.8. The van der Waals surface area contributed by atoms with E-state index >= 15 is 0 Å². The van der Waals surface area contributed by atoms with Crippen LogP contribution in [0.15, 0.2) is 48.0 Å². The van der Waals surface area contributed by atoms with Crippen molar-refractivity contribution in [2.75, 3.05) is 7.11 Å². The van der Waals surface area contributed by atoms with E-state index in [4.69, 9.17) is 21.1 Å². The highest BCUT2D eigenvalue weighted by Gasteiger charge is 2.44. The number of rotatable bonds is 3. The first-order valence-electron chi connectivity index (χ1n) is 8.10. The summed E-state index contributed by atoms with van der Waals surface area (Å²) in [5.74, 6) is 0.217.